The molecule has 8 heteroatoms. The van der Waals surface area contributed by atoms with E-state index in [1.165, 1.54) is 0 Å². The first-order chi connectivity index (χ1) is 13.9. The van der Waals surface area contributed by atoms with Crippen LogP contribution in [0.2, 0.25) is 5.02 Å². The van der Waals surface area contributed by atoms with E-state index in [2.05, 4.69) is 10.1 Å². The second-order valence-electron chi connectivity index (χ2n) is 8.57. The maximum absolute atomic E-state index is 13.0. The summed E-state index contributed by atoms with van der Waals surface area (Å²) in [6.07, 6.45) is 2.30. The van der Waals surface area contributed by atoms with Crippen molar-refractivity contribution in [3.63, 3.8) is 0 Å². The molecule has 3 aliphatic rings. The van der Waals surface area contributed by atoms with Gasteiger partial charge in [0.05, 0.1) is 11.8 Å². The first-order valence-electron chi connectivity index (χ1n) is 10.1. The highest BCUT2D eigenvalue weighted by Gasteiger charge is 2.59. The number of likely N-dealkylation sites (tertiary alicyclic amines) is 2. The average molecular weight is 415 g/mol. The minimum atomic E-state index is -0.471. The zero-order chi connectivity index (χ0) is 20.2. The number of hydrogen-bond acceptors (Lipinski definition) is 5. The van der Waals surface area contributed by atoms with Crippen LogP contribution in [-0.4, -0.2) is 57.9 Å². The van der Waals surface area contributed by atoms with Gasteiger partial charge in [-0.1, -0.05) is 28.9 Å². The number of hydrogen-bond donors (Lipinski definition) is 0. The molecule has 2 aromatic rings. The highest BCUT2D eigenvalue weighted by atomic mass is 35.5. The molecule has 0 unspecified atom stereocenters. The third kappa shape index (κ3) is 3.31. The molecule has 0 bridgehead atoms. The quantitative estimate of drug-likeness (QED) is 0.766. The van der Waals surface area contributed by atoms with Crippen molar-refractivity contribution >= 4 is 23.4 Å². The molecular weight excluding hydrogens is 392 g/mol. The predicted molar refractivity (Wildman–Crippen MR) is 105 cm³/mol. The predicted octanol–water partition coefficient (Wildman–Crippen LogP) is 2.22. The highest BCUT2D eigenvalue weighted by Crippen LogP contribution is 2.46. The molecule has 0 spiro atoms. The van der Waals surface area contributed by atoms with Crippen LogP contribution in [-0.2, 0) is 21.4 Å². The van der Waals surface area contributed by atoms with E-state index in [9.17, 15) is 9.59 Å². The summed E-state index contributed by atoms with van der Waals surface area (Å²) in [5, 5.41) is 4.63. The van der Waals surface area contributed by atoms with Gasteiger partial charge in [-0.05, 0) is 37.5 Å². The largest absolute Gasteiger partial charge is 0.341 e. The first kappa shape index (κ1) is 18.6. The molecule has 1 saturated carbocycles. The Balaban J connectivity index is 1.37. The van der Waals surface area contributed by atoms with Crippen LogP contribution in [0.25, 0.3) is 0 Å². The van der Waals surface area contributed by atoms with Crippen LogP contribution in [0, 0.1) is 18.8 Å². The molecule has 3 fully saturated rings. The Labute approximate surface area is 174 Å². The van der Waals surface area contributed by atoms with E-state index in [0.717, 1.165) is 18.4 Å². The Morgan fingerprint density at radius 1 is 1.17 bits per heavy atom. The van der Waals surface area contributed by atoms with Gasteiger partial charge in [0.2, 0.25) is 17.7 Å². The Bertz CT molecular complexity index is 955. The summed E-state index contributed by atoms with van der Waals surface area (Å²) in [7, 11) is 0. The van der Waals surface area contributed by atoms with Crippen LogP contribution in [0.5, 0.6) is 0 Å². The highest BCUT2D eigenvalue weighted by molar-refractivity contribution is 6.30. The van der Waals surface area contributed by atoms with Crippen LogP contribution < -0.4 is 0 Å². The number of carbonyl (C=O) groups excluding carboxylic acids is 2. The van der Waals surface area contributed by atoms with Crippen LogP contribution in [0.1, 0.15) is 30.1 Å². The third-order valence-corrected chi connectivity index (χ3v) is 6.67. The standard InChI is InChI=1S/C21H23ClN4O3/c1-13-23-20(29-24-13)21-11-25(18(27)8-14-2-6-17(22)7-3-14)9-16(21)10-26(12-21)19(28)15-4-5-15/h2-3,6-7,15-16H,4-5,8-12H2,1H3/t16-,21-/m0/s1. The number of carbonyl (C=O) groups is 2. The van der Waals surface area contributed by atoms with Gasteiger partial charge in [0, 0.05) is 43.0 Å². The molecule has 0 N–H and O–H groups in total. The number of aromatic nitrogens is 2. The maximum atomic E-state index is 13.0. The zero-order valence-corrected chi connectivity index (χ0v) is 17.1. The summed E-state index contributed by atoms with van der Waals surface area (Å²) in [6.45, 7) is 4.07. The molecular formula is C21H23ClN4O3. The number of halogens is 1. The van der Waals surface area contributed by atoms with E-state index in [0.29, 0.717) is 49.3 Å². The van der Waals surface area contributed by atoms with E-state index < -0.39 is 5.41 Å². The lowest BCUT2D eigenvalue weighted by molar-refractivity contribution is -0.132. The normalized spacial score (nSPS) is 26.1. The topological polar surface area (TPSA) is 79.5 Å². The van der Waals surface area contributed by atoms with E-state index in [1.54, 1.807) is 19.1 Å². The lowest BCUT2D eigenvalue weighted by atomic mass is 9.81. The zero-order valence-electron chi connectivity index (χ0n) is 16.3. The molecule has 0 radical (unpaired) electrons. The van der Waals surface area contributed by atoms with Gasteiger partial charge in [-0.3, -0.25) is 9.59 Å². The monoisotopic (exact) mass is 414 g/mol. The van der Waals surface area contributed by atoms with Gasteiger partial charge in [-0.15, -0.1) is 0 Å². The van der Waals surface area contributed by atoms with Crippen LogP contribution in [0.4, 0.5) is 0 Å². The van der Waals surface area contributed by atoms with Crippen molar-refractivity contribution in [2.45, 2.75) is 31.6 Å². The molecule has 29 heavy (non-hydrogen) atoms. The minimum Gasteiger partial charge on any atom is -0.341 e. The molecule has 1 aliphatic carbocycles. The maximum Gasteiger partial charge on any atom is 0.236 e. The van der Waals surface area contributed by atoms with Crippen molar-refractivity contribution < 1.29 is 14.1 Å². The van der Waals surface area contributed by atoms with Gasteiger partial charge in [0.1, 0.15) is 0 Å². The van der Waals surface area contributed by atoms with Crippen molar-refractivity contribution in [3.05, 3.63) is 46.6 Å². The van der Waals surface area contributed by atoms with Crippen molar-refractivity contribution in [3.8, 4) is 0 Å². The van der Waals surface area contributed by atoms with E-state index in [1.807, 2.05) is 21.9 Å². The number of benzene rings is 1. The fraction of sp³-hybridized carbons (Fsp3) is 0.524. The summed E-state index contributed by atoms with van der Waals surface area (Å²) in [5.74, 6) is 1.71. The summed E-state index contributed by atoms with van der Waals surface area (Å²) >= 11 is 5.94. The Kier molecular flexibility index (Phi) is 4.38. The second kappa shape index (κ2) is 6.83. The molecule has 2 aliphatic heterocycles. The van der Waals surface area contributed by atoms with Gasteiger partial charge in [-0.25, -0.2) is 0 Å². The van der Waals surface area contributed by atoms with Crippen LogP contribution >= 0.6 is 11.6 Å². The lowest BCUT2D eigenvalue weighted by Crippen LogP contribution is -2.42. The molecule has 7 nitrogen and oxygen atoms in total. The Morgan fingerprint density at radius 3 is 2.52 bits per heavy atom. The number of aryl methyl sites for hydroxylation is 1. The Morgan fingerprint density at radius 2 is 1.86 bits per heavy atom. The molecule has 2 amide bonds. The number of amides is 2. The number of fused-ring (bicyclic) bond motifs is 1. The van der Waals surface area contributed by atoms with E-state index >= 15 is 0 Å². The lowest BCUT2D eigenvalue weighted by Gasteiger charge is -2.26. The van der Waals surface area contributed by atoms with Crippen LogP contribution in [0.15, 0.2) is 28.8 Å². The van der Waals surface area contributed by atoms with Gasteiger partial charge in [-0.2, -0.15) is 4.98 Å². The number of nitrogens with zero attached hydrogens (tertiary/aromatic N) is 4. The Hall–Kier alpha value is -2.41. The molecule has 3 heterocycles. The summed E-state index contributed by atoms with van der Waals surface area (Å²) in [4.78, 5) is 34.0. The average Bonchev–Trinajstić information content (AvgIpc) is 3.19. The number of rotatable bonds is 4. The van der Waals surface area contributed by atoms with Gasteiger partial charge >= 0.3 is 0 Å². The van der Waals surface area contributed by atoms with Gasteiger partial charge in [0.15, 0.2) is 5.82 Å². The molecule has 1 aromatic carbocycles. The van der Waals surface area contributed by atoms with E-state index in [-0.39, 0.29) is 23.7 Å². The van der Waals surface area contributed by atoms with E-state index in [4.69, 9.17) is 16.1 Å². The summed E-state index contributed by atoms with van der Waals surface area (Å²) in [5.41, 5.74) is 0.464. The first-order valence-corrected chi connectivity index (χ1v) is 10.4. The smallest absolute Gasteiger partial charge is 0.236 e. The fourth-order valence-electron chi connectivity index (χ4n) is 4.70. The molecule has 2 atom stereocenters. The van der Waals surface area contributed by atoms with Gasteiger partial charge in [0.25, 0.3) is 0 Å². The van der Waals surface area contributed by atoms with Crippen molar-refractivity contribution in [2.24, 2.45) is 11.8 Å². The van der Waals surface area contributed by atoms with Crippen molar-refractivity contribution in [1.29, 1.82) is 0 Å². The van der Waals surface area contributed by atoms with Crippen molar-refractivity contribution in [2.75, 3.05) is 26.2 Å². The molecule has 5 rings (SSSR count). The summed E-state index contributed by atoms with van der Waals surface area (Å²) < 4.78 is 5.56. The molecule has 1 aromatic heterocycles. The minimum absolute atomic E-state index is 0.0670. The van der Waals surface area contributed by atoms with Gasteiger partial charge < -0.3 is 14.3 Å². The summed E-state index contributed by atoms with van der Waals surface area (Å²) in [6, 6.07) is 7.36. The third-order valence-electron chi connectivity index (χ3n) is 6.42. The van der Waals surface area contributed by atoms with Crippen molar-refractivity contribution in [1.82, 2.24) is 19.9 Å². The SMILES string of the molecule is Cc1noc([C@]23CN(C(=O)Cc4ccc(Cl)cc4)C[C@H]2CN(C(=O)C2CC2)C3)n1. The second-order valence-corrected chi connectivity index (χ2v) is 9.01. The van der Waals surface area contributed by atoms with Crippen LogP contribution in [0.3, 0.4) is 0 Å². The fourth-order valence-corrected chi connectivity index (χ4v) is 4.83. The molecule has 2 saturated heterocycles. The molecule has 152 valence electrons.